The first-order chi connectivity index (χ1) is 9.20. The van der Waals surface area contributed by atoms with Crippen molar-refractivity contribution in [1.29, 1.82) is 0 Å². The van der Waals surface area contributed by atoms with Crippen molar-refractivity contribution in [3.8, 4) is 0 Å². The number of amides is 2. The highest BCUT2D eigenvalue weighted by Crippen LogP contribution is 2.47. The van der Waals surface area contributed by atoms with Gasteiger partial charge in [0, 0.05) is 25.0 Å². The summed E-state index contributed by atoms with van der Waals surface area (Å²) in [6.07, 6.45) is 4.68. The summed E-state index contributed by atoms with van der Waals surface area (Å²) in [5.74, 6) is 0. The lowest BCUT2D eigenvalue weighted by Gasteiger charge is -2.21. The Kier molecular flexibility index (Phi) is 3.21. The summed E-state index contributed by atoms with van der Waals surface area (Å²) >= 11 is 0. The second kappa shape index (κ2) is 4.87. The van der Waals surface area contributed by atoms with Crippen LogP contribution >= 0.6 is 0 Å². The average Bonchev–Trinajstić information content (AvgIpc) is 3.01. The molecular formula is C16H22N2O. The number of aryl methyl sites for hydroxylation is 1. The van der Waals surface area contributed by atoms with Gasteiger partial charge in [0.1, 0.15) is 0 Å². The van der Waals surface area contributed by atoms with Crippen LogP contribution in [0.2, 0.25) is 0 Å². The highest BCUT2D eigenvalue weighted by Gasteiger charge is 2.44. The van der Waals surface area contributed by atoms with Crippen molar-refractivity contribution in [2.45, 2.75) is 38.0 Å². The SMILES string of the molecule is Cc1ccc(C2(CNC(=O)N3CCCC3)CC2)cc1. The van der Waals surface area contributed by atoms with Gasteiger partial charge in [-0.1, -0.05) is 29.8 Å². The summed E-state index contributed by atoms with van der Waals surface area (Å²) < 4.78 is 0. The average molecular weight is 258 g/mol. The van der Waals surface area contributed by atoms with Crippen molar-refractivity contribution in [2.24, 2.45) is 0 Å². The molecule has 3 heteroatoms. The molecule has 3 rings (SSSR count). The molecule has 0 unspecified atom stereocenters. The van der Waals surface area contributed by atoms with E-state index in [9.17, 15) is 4.79 Å². The molecular weight excluding hydrogens is 236 g/mol. The van der Waals surface area contributed by atoms with Crippen molar-refractivity contribution in [3.63, 3.8) is 0 Å². The Morgan fingerprint density at radius 3 is 2.42 bits per heavy atom. The van der Waals surface area contributed by atoms with Crippen molar-refractivity contribution >= 4 is 6.03 Å². The zero-order valence-corrected chi connectivity index (χ0v) is 11.6. The summed E-state index contributed by atoms with van der Waals surface area (Å²) in [7, 11) is 0. The molecule has 0 aromatic heterocycles. The van der Waals surface area contributed by atoms with Gasteiger partial charge in [-0.25, -0.2) is 4.79 Å². The molecule has 0 atom stereocenters. The van der Waals surface area contributed by atoms with Crippen molar-refractivity contribution in [3.05, 3.63) is 35.4 Å². The van der Waals surface area contributed by atoms with E-state index in [0.717, 1.165) is 32.5 Å². The fraction of sp³-hybridized carbons (Fsp3) is 0.562. The first-order valence-corrected chi connectivity index (χ1v) is 7.30. The van der Waals surface area contributed by atoms with Gasteiger partial charge in [0.25, 0.3) is 0 Å². The summed E-state index contributed by atoms with van der Waals surface area (Å²) in [6.45, 7) is 4.73. The number of carbonyl (C=O) groups is 1. The van der Waals surface area contributed by atoms with Gasteiger partial charge >= 0.3 is 6.03 Å². The Morgan fingerprint density at radius 2 is 1.84 bits per heavy atom. The predicted octanol–water partition coefficient (Wildman–Crippen LogP) is 2.83. The molecule has 2 amide bonds. The van der Waals surface area contributed by atoms with Crippen LogP contribution in [0.25, 0.3) is 0 Å². The molecule has 1 saturated heterocycles. The van der Waals surface area contributed by atoms with Gasteiger partial charge in [0.05, 0.1) is 0 Å². The number of benzene rings is 1. The molecule has 0 radical (unpaired) electrons. The number of rotatable bonds is 3. The van der Waals surface area contributed by atoms with Gasteiger partial charge in [-0.2, -0.15) is 0 Å². The molecule has 1 N–H and O–H groups in total. The van der Waals surface area contributed by atoms with Gasteiger partial charge in [0.15, 0.2) is 0 Å². The van der Waals surface area contributed by atoms with E-state index in [1.165, 1.54) is 24.0 Å². The van der Waals surface area contributed by atoms with Crippen LogP contribution in [0.4, 0.5) is 4.79 Å². The lowest BCUT2D eigenvalue weighted by atomic mass is 9.95. The topological polar surface area (TPSA) is 32.3 Å². The molecule has 1 aromatic carbocycles. The van der Waals surface area contributed by atoms with Crippen LogP contribution in [-0.2, 0) is 5.41 Å². The van der Waals surface area contributed by atoms with Crippen LogP contribution in [0.15, 0.2) is 24.3 Å². The Balaban J connectivity index is 1.59. The van der Waals surface area contributed by atoms with E-state index in [1.807, 2.05) is 4.90 Å². The Morgan fingerprint density at radius 1 is 1.21 bits per heavy atom. The van der Waals surface area contributed by atoms with Crippen molar-refractivity contribution < 1.29 is 4.79 Å². The number of likely N-dealkylation sites (tertiary alicyclic amines) is 1. The summed E-state index contributed by atoms with van der Waals surface area (Å²) in [5.41, 5.74) is 2.88. The standard InChI is InChI=1S/C16H22N2O/c1-13-4-6-14(7-5-13)16(8-9-16)12-17-15(19)18-10-2-3-11-18/h4-7H,2-3,8-12H2,1H3,(H,17,19). The third kappa shape index (κ3) is 2.60. The molecule has 0 bridgehead atoms. The first kappa shape index (κ1) is 12.5. The maximum atomic E-state index is 12.0. The van der Waals surface area contributed by atoms with Crippen LogP contribution in [0.1, 0.15) is 36.8 Å². The van der Waals surface area contributed by atoms with Gasteiger partial charge < -0.3 is 10.2 Å². The second-order valence-corrected chi connectivity index (χ2v) is 6.00. The number of hydrogen-bond donors (Lipinski definition) is 1. The lowest BCUT2D eigenvalue weighted by Crippen LogP contribution is -2.41. The van der Waals surface area contributed by atoms with E-state index in [1.54, 1.807) is 0 Å². The van der Waals surface area contributed by atoms with E-state index in [4.69, 9.17) is 0 Å². The molecule has 0 spiro atoms. The molecule has 3 nitrogen and oxygen atoms in total. The minimum atomic E-state index is 0.121. The van der Waals surface area contributed by atoms with Crippen molar-refractivity contribution in [2.75, 3.05) is 19.6 Å². The molecule has 1 aliphatic carbocycles. The van der Waals surface area contributed by atoms with Crippen LogP contribution in [0.3, 0.4) is 0 Å². The maximum Gasteiger partial charge on any atom is 0.317 e. The Hall–Kier alpha value is -1.51. The van der Waals surface area contributed by atoms with Gasteiger partial charge in [-0.05, 0) is 38.2 Å². The van der Waals surface area contributed by atoms with Crippen LogP contribution < -0.4 is 5.32 Å². The summed E-state index contributed by atoms with van der Waals surface area (Å²) in [5, 5.41) is 3.13. The fourth-order valence-corrected chi connectivity index (χ4v) is 2.90. The zero-order valence-electron chi connectivity index (χ0n) is 11.6. The van der Waals surface area contributed by atoms with E-state index < -0.39 is 0 Å². The predicted molar refractivity (Wildman–Crippen MR) is 76.3 cm³/mol. The fourth-order valence-electron chi connectivity index (χ4n) is 2.90. The van der Waals surface area contributed by atoms with Crippen LogP contribution in [0, 0.1) is 6.92 Å². The van der Waals surface area contributed by atoms with Crippen LogP contribution in [0.5, 0.6) is 0 Å². The van der Waals surface area contributed by atoms with E-state index in [0.29, 0.717) is 0 Å². The minimum absolute atomic E-state index is 0.121. The molecule has 2 aliphatic rings. The van der Waals surface area contributed by atoms with E-state index in [-0.39, 0.29) is 11.4 Å². The van der Waals surface area contributed by atoms with E-state index >= 15 is 0 Å². The molecule has 1 saturated carbocycles. The van der Waals surface area contributed by atoms with Gasteiger partial charge in [-0.15, -0.1) is 0 Å². The number of nitrogens with one attached hydrogen (secondary N) is 1. The zero-order chi connectivity index (χ0) is 13.3. The number of carbonyl (C=O) groups excluding carboxylic acids is 1. The third-order valence-electron chi connectivity index (χ3n) is 4.49. The van der Waals surface area contributed by atoms with Crippen LogP contribution in [-0.4, -0.2) is 30.6 Å². The number of urea groups is 1. The molecule has 1 heterocycles. The Bertz CT molecular complexity index is 456. The second-order valence-electron chi connectivity index (χ2n) is 6.00. The smallest absolute Gasteiger partial charge is 0.317 e. The molecule has 19 heavy (non-hydrogen) atoms. The molecule has 1 aromatic rings. The van der Waals surface area contributed by atoms with E-state index in [2.05, 4.69) is 36.5 Å². The molecule has 102 valence electrons. The number of nitrogens with zero attached hydrogens (tertiary/aromatic N) is 1. The Labute approximate surface area is 115 Å². The quantitative estimate of drug-likeness (QED) is 0.888. The number of hydrogen-bond acceptors (Lipinski definition) is 1. The van der Waals surface area contributed by atoms with Crippen molar-refractivity contribution in [1.82, 2.24) is 10.2 Å². The highest BCUT2D eigenvalue weighted by atomic mass is 16.2. The summed E-state index contributed by atoms with van der Waals surface area (Å²) in [6, 6.07) is 8.88. The van der Waals surface area contributed by atoms with Gasteiger partial charge in [-0.3, -0.25) is 0 Å². The maximum absolute atomic E-state index is 12.0. The third-order valence-corrected chi connectivity index (χ3v) is 4.49. The summed E-state index contributed by atoms with van der Waals surface area (Å²) in [4.78, 5) is 14.0. The monoisotopic (exact) mass is 258 g/mol. The largest absolute Gasteiger partial charge is 0.337 e. The molecule has 1 aliphatic heterocycles. The van der Waals surface area contributed by atoms with Gasteiger partial charge in [0.2, 0.25) is 0 Å². The normalized spacial score (nSPS) is 20.4. The first-order valence-electron chi connectivity index (χ1n) is 7.30. The minimum Gasteiger partial charge on any atom is -0.337 e. The molecule has 2 fully saturated rings. The lowest BCUT2D eigenvalue weighted by molar-refractivity contribution is 0.207. The highest BCUT2D eigenvalue weighted by molar-refractivity contribution is 5.74.